The van der Waals surface area contributed by atoms with Gasteiger partial charge < -0.3 is 14.8 Å². The number of para-hydroxylation sites is 2. The van der Waals surface area contributed by atoms with E-state index in [-0.39, 0.29) is 0 Å². The van der Waals surface area contributed by atoms with Gasteiger partial charge in [-0.25, -0.2) is 0 Å². The highest BCUT2D eigenvalue weighted by atomic mass is 16.5. The molecule has 3 rings (SSSR count). The molecular weight excluding hydrogens is 366 g/mol. The first-order valence-corrected chi connectivity index (χ1v) is 9.34. The third kappa shape index (κ3) is 5.02. The summed E-state index contributed by atoms with van der Waals surface area (Å²) >= 11 is 0. The van der Waals surface area contributed by atoms with Crippen LogP contribution in [0.15, 0.2) is 84.9 Å². The van der Waals surface area contributed by atoms with Crippen LogP contribution in [0.3, 0.4) is 0 Å². The molecule has 29 heavy (non-hydrogen) atoms. The van der Waals surface area contributed by atoms with Crippen LogP contribution in [0, 0.1) is 0 Å². The van der Waals surface area contributed by atoms with Gasteiger partial charge in [-0.15, -0.1) is 0 Å². The molecule has 0 heterocycles. The molecule has 1 atom stereocenters. The fourth-order valence-corrected chi connectivity index (χ4v) is 3.03. The van der Waals surface area contributed by atoms with Crippen molar-refractivity contribution in [3.63, 3.8) is 0 Å². The van der Waals surface area contributed by atoms with Gasteiger partial charge in [-0.05, 0) is 30.2 Å². The molecule has 1 amide bonds. The Bertz CT molecular complexity index is 917. The van der Waals surface area contributed by atoms with E-state index in [1.807, 2.05) is 66.7 Å². The molecule has 0 saturated heterocycles. The molecule has 0 aromatic heterocycles. The quantitative estimate of drug-likeness (QED) is 0.609. The summed E-state index contributed by atoms with van der Waals surface area (Å²) in [7, 11) is 1.53. The minimum Gasteiger partial charge on any atom is -0.495 e. The van der Waals surface area contributed by atoms with E-state index < -0.39 is 23.9 Å². The second-order valence-corrected chi connectivity index (χ2v) is 6.52. The topological polar surface area (TPSA) is 64.6 Å². The molecule has 0 saturated carbocycles. The Morgan fingerprint density at radius 3 is 1.86 bits per heavy atom. The molecule has 0 spiro atoms. The van der Waals surface area contributed by atoms with Crippen LogP contribution in [0.25, 0.3) is 0 Å². The summed E-state index contributed by atoms with van der Waals surface area (Å²) in [6.07, 6.45) is -0.970. The predicted octanol–water partition coefficient (Wildman–Crippen LogP) is 4.40. The van der Waals surface area contributed by atoms with Crippen molar-refractivity contribution in [2.75, 3.05) is 12.4 Å². The van der Waals surface area contributed by atoms with Crippen molar-refractivity contribution in [2.24, 2.45) is 0 Å². The van der Waals surface area contributed by atoms with E-state index >= 15 is 0 Å². The van der Waals surface area contributed by atoms with Gasteiger partial charge in [0, 0.05) is 0 Å². The predicted molar refractivity (Wildman–Crippen MR) is 112 cm³/mol. The number of benzene rings is 3. The van der Waals surface area contributed by atoms with Crippen LogP contribution in [0.2, 0.25) is 0 Å². The van der Waals surface area contributed by atoms with E-state index in [1.165, 1.54) is 7.11 Å². The van der Waals surface area contributed by atoms with Gasteiger partial charge in [-0.2, -0.15) is 0 Å². The summed E-state index contributed by atoms with van der Waals surface area (Å²) in [6, 6.07) is 25.8. The Morgan fingerprint density at radius 1 is 0.793 bits per heavy atom. The fraction of sp³-hybridized carbons (Fsp3) is 0.167. The zero-order valence-electron chi connectivity index (χ0n) is 16.4. The maximum atomic E-state index is 13.0. The standard InChI is InChI=1S/C24H23NO4/c1-17(23(26)25-20-15-9-10-16-21(20)28-2)29-24(27)22(18-11-5-3-6-12-18)19-13-7-4-8-14-19/h3-17,22H,1-2H3,(H,25,26)/t17-/m0/s1. The molecule has 0 aliphatic rings. The summed E-state index contributed by atoms with van der Waals surface area (Å²) in [5.74, 6) is -0.988. The van der Waals surface area contributed by atoms with Crippen molar-refractivity contribution in [1.82, 2.24) is 0 Å². The van der Waals surface area contributed by atoms with Crippen molar-refractivity contribution in [3.05, 3.63) is 96.1 Å². The lowest BCUT2D eigenvalue weighted by atomic mass is 9.91. The number of methoxy groups -OCH3 is 1. The molecule has 0 radical (unpaired) electrons. The molecule has 1 N–H and O–H groups in total. The number of carbonyl (C=O) groups is 2. The Hall–Kier alpha value is -3.60. The second-order valence-electron chi connectivity index (χ2n) is 6.52. The summed E-state index contributed by atoms with van der Waals surface area (Å²) in [4.78, 5) is 25.6. The molecule has 5 heteroatoms. The van der Waals surface area contributed by atoms with Crippen LogP contribution in [-0.2, 0) is 14.3 Å². The van der Waals surface area contributed by atoms with Crippen LogP contribution in [-0.4, -0.2) is 25.1 Å². The van der Waals surface area contributed by atoms with Crippen LogP contribution < -0.4 is 10.1 Å². The molecule has 0 bridgehead atoms. The van der Waals surface area contributed by atoms with E-state index in [0.717, 1.165) is 11.1 Å². The first kappa shape index (κ1) is 20.1. The van der Waals surface area contributed by atoms with Gasteiger partial charge in [0.05, 0.1) is 12.8 Å². The molecule has 0 aliphatic heterocycles. The summed E-state index contributed by atoms with van der Waals surface area (Å²) in [5, 5.41) is 2.74. The minimum atomic E-state index is -0.970. The van der Waals surface area contributed by atoms with Gasteiger partial charge in [0.15, 0.2) is 6.10 Å². The number of hydrogen-bond donors (Lipinski definition) is 1. The van der Waals surface area contributed by atoms with Crippen molar-refractivity contribution in [3.8, 4) is 5.75 Å². The number of anilines is 1. The number of ether oxygens (including phenoxy) is 2. The molecular formula is C24H23NO4. The highest BCUT2D eigenvalue weighted by Gasteiger charge is 2.28. The van der Waals surface area contributed by atoms with Crippen molar-refractivity contribution in [2.45, 2.75) is 18.9 Å². The van der Waals surface area contributed by atoms with Crippen molar-refractivity contribution in [1.29, 1.82) is 0 Å². The van der Waals surface area contributed by atoms with Gasteiger partial charge in [0.1, 0.15) is 11.7 Å². The average Bonchev–Trinajstić information content (AvgIpc) is 2.75. The zero-order valence-corrected chi connectivity index (χ0v) is 16.4. The Morgan fingerprint density at radius 2 is 1.31 bits per heavy atom. The van der Waals surface area contributed by atoms with Crippen molar-refractivity contribution < 1.29 is 19.1 Å². The summed E-state index contributed by atoms with van der Waals surface area (Å²) in [6.45, 7) is 1.55. The highest BCUT2D eigenvalue weighted by molar-refractivity contribution is 5.96. The average molecular weight is 389 g/mol. The first-order chi connectivity index (χ1) is 14.1. The number of esters is 1. The molecule has 3 aromatic carbocycles. The molecule has 0 fully saturated rings. The Balaban J connectivity index is 1.76. The SMILES string of the molecule is COc1ccccc1NC(=O)[C@H](C)OC(=O)C(c1ccccc1)c1ccccc1. The molecule has 0 unspecified atom stereocenters. The van der Waals surface area contributed by atoms with E-state index in [9.17, 15) is 9.59 Å². The smallest absolute Gasteiger partial charge is 0.318 e. The third-order valence-electron chi connectivity index (χ3n) is 4.53. The van der Waals surface area contributed by atoms with Gasteiger partial charge in [-0.1, -0.05) is 72.8 Å². The van der Waals surface area contributed by atoms with Crippen LogP contribution in [0.4, 0.5) is 5.69 Å². The lowest BCUT2D eigenvalue weighted by Gasteiger charge is -2.20. The lowest BCUT2D eigenvalue weighted by molar-refractivity contribution is -0.153. The largest absolute Gasteiger partial charge is 0.495 e. The lowest BCUT2D eigenvalue weighted by Crippen LogP contribution is -2.32. The van der Waals surface area contributed by atoms with E-state index in [1.54, 1.807) is 25.1 Å². The van der Waals surface area contributed by atoms with E-state index in [4.69, 9.17) is 9.47 Å². The molecule has 3 aromatic rings. The number of amides is 1. The maximum absolute atomic E-state index is 13.0. The second kappa shape index (κ2) is 9.55. The zero-order chi connectivity index (χ0) is 20.6. The summed E-state index contributed by atoms with van der Waals surface area (Å²) in [5.41, 5.74) is 2.13. The van der Waals surface area contributed by atoms with Gasteiger partial charge >= 0.3 is 5.97 Å². The normalized spacial score (nSPS) is 11.6. The molecule has 148 valence electrons. The van der Waals surface area contributed by atoms with Crippen molar-refractivity contribution >= 4 is 17.6 Å². The van der Waals surface area contributed by atoms with Gasteiger partial charge in [-0.3, -0.25) is 9.59 Å². The number of carbonyl (C=O) groups excluding carboxylic acids is 2. The first-order valence-electron chi connectivity index (χ1n) is 9.34. The number of hydrogen-bond acceptors (Lipinski definition) is 4. The summed E-state index contributed by atoms with van der Waals surface area (Å²) < 4.78 is 10.8. The fourth-order valence-electron chi connectivity index (χ4n) is 3.03. The van der Waals surface area contributed by atoms with Crippen LogP contribution in [0.5, 0.6) is 5.75 Å². The molecule has 0 aliphatic carbocycles. The van der Waals surface area contributed by atoms with E-state index in [2.05, 4.69) is 5.32 Å². The molecule has 5 nitrogen and oxygen atoms in total. The maximum Gasteiger partial charge on any atom is 0.318 e. The Labute approximate surface area is 170 Å². The highest BCUT2D eigenvalue weighted by Crippen LogP contribution is 2.27. The van der Waals surface area contributed by atoms with Crippen LogP contribution in [0.1, 0.15) is 24.0 Å². The van der Waals surface area contributed by atoms with Gasteiger partial charge in [0.2, 0.25) is 0 Å². The van der Waals surface area contributed by atoms with E-state index in [0.29, 0.717) is 11.4 Å². The monoisotopic (exact) mass is 389 g/mol. The third-order valence-corrected chi connectivity index (χ3v) is 4.53. The number of rotatable bonds is 7. The minimum absolute atomic E-state index is 0.428. The van der Waals surface area contributed by atoms with Crippen LogP contribution >= 0.6 is 0 Å². The number of nitrogens with one attached hydrogen (secondary N) is 1. The van der Waals surface area contributed by atoms with Gasteiger partial charge in [0.25, 0.3) is 5.91 Å². The Kier molecular flexibility index (Phi) is 6.63.